The van der Waals surface area contributed by atoms with Crippen molar-refractivity contribution < 1.29 is 0 Å². The van der Waals surface area contributed by atoms with Gasteiger partial charge in [0.2, 0.25) is 0 Å². The van der Waals surface area contributed by atoms with Gasteiger partial charge in [-0.1, -0.05) is 32.9 Å². The topological polar surface area (TPSA) is 6.48 Å². The van der Waals surface area contributed by atoms with Crippen LogP contribution < -0.4 is 4.90 Å². The van der Waals surface area contributed by atoms with Crippen LogP contribution >= 0.6 is 0 Å². The second kappa shape index (κ2) is 5.56. The minimum Gasteiger partial charge on any atom is -0.371 e. The number of benzene rings is 1. The summed E-state index contributed by atoms with van der Waals surface area (Å²) >= 11 is 0. The zero-order valence-corrected chi connectivity index (χ0v) is 15.1. The minimum atomic E-state index is 0.240. The summed E-state index contributed by atoms with van der Waals surface area (Å²) in [4.78, 5) is 5.13. The molecule has 2 fully saturated rings. The maximum atomic E-state index is 2.65. The molecule has 2 aliphatic heterocycles. The van der Waals surface area contributed by atoms with Gasteiger partial charge in [0.1, 0.15) is 0 Å². The van der Waals surface area contributed by atoms with E-state index in [2.05, 4.69) is 62.7 Å². The van der Waals surface area contributed by atoms with Gasteiger partial charge in [0.05, 0.1) is 0 Å². The Labute approximate surface area is 136 Å². The van der Waals surface area contributed by atoms with Crippen LogP contribution in [0.5, 0.6) is 0 Å². The molecule has 2 saturated heterocycles. The van der Waals surface area contributed by atoms with Gasteiger partial charge in [-0.15, -0.1) is 0 Å². The highest BCUT2D eigenvalue weighted by Gasteiger charge is 2.40. The zero-order valence-electron chi connectivity index (χ0n) is 15.1. The third-order valence-electron chi connectivity index (χ3n) is 5.89. The van der Waals surface area contributed by atoms with Crippen LogP contribution in [-0.2, 0) is 5.41 Å². The molecule has 3 rings (SSSR count). The van der Waals surface area contributed by atoms with Crippen LogP contribution in [0, 0.1) is 12.3 Å². The van der Waals surface area contributed by atoms with Gasteiger partial charge in [-0.3, -0.25) is 0 Å². The molecular formula is C20H32N2. The van der Waals surface area contributed by atoms with Gasteiger partial charge in [-0.2, -0.15) is 0 Å². The monoisotopic (exact) mass is 300 g/mol. The Kier molecular flexibility index (Phi) is 4.01. The molecule has 0 amide bonds. The molecule has 122 valence electrons. The lowest BCUT2D eigenvalue weighted by atomic mass is 9.78. The fourth-order valence-electron chi connectivity index (χ4n) is 4.12. The lowest BCUT2D eigenvalue weighted by Crippen LogP contribution is -2.39. The Balaban J connectivity index is 1.76. The summed E-state index contributed by atoms with van der Waals surface area (Å²) in [7, 11) is 2.26. The van der Waals surface area contributed by atoms with E-state index in [1.165, 1.54) is 62.3 Å². The van der Waals surface area contributed by atoms with Crippen LogP contribution in [0.4, 0.5) is 5.69 Å². The lowest BCUT2D eigenvalue weighted by Gasteiger charge is -2.38. The van der Waals surface area contributed by atoms with Crippen LogP contribution in [0.15, 0.2) is 18.2 Å². The molecule has 0 N–H and O–H groups in total. The van der Waals surface area contributed by atoms with Crippen LogP contribution in [0.25, 0.3) is 0 Å². The Morgan fingerprint density at radius 2 is 1.64 bits per heavy atom. The van der Waals surface area contributed by atoms with Crippen LogP contribution in [-0.4, -0.2) is 38.1 Å². The SMILES string of the molecule is Cc1cc(C(C)(C)C)ccc1N1CCC2(CCN(C)CC2)C1. The van der Waals surface area contributed by atoms with Crippen molar-refractivity contribution in [2.24, 2.45) is 5.41 Å². The summed E-state index contributed by atoms with van der Waals surface area (Å²) in [6.45, 7) is 14.2. The highest BCUT2D eigenvalue weighted by molar-refractivity contribution is 5.56. The van der Waals surface area contributed by atoms with Gasteiger partial charge in [-0.05, 0) is 74.3 Å². The first-order valence-corrected chi connectivity index (χ1v) is 8.84. The standard InChI is InChI=1S/C20H32N2/c1-16-14-17(19(2,3)4)6-7-18(16)22-13-10-20(15-22)8-11-21(5)12-9-20/h6-7,14H,8-13,15H2,1-5H3. The molecule has 0 aliphatic carbocycles. The molecule has 0 radical (unpaired) electrons. The van der Waals surface area contributed by atoms with E-state index in [1.807, 2.05) is 0 Å². The predicted octanol–water partition coefficient (Wildman–Crippen LogP) is 4.21. The first-order valence-electron chi connectivity index (χ1n) is 8.84. The number of anilines is 1. The number of nitrogens with zero attached hydrogens (tertiary/aromatic N) is 2. The molecule has 2 heteroatoms. The first-order chi connectivity index (χ1) is 10.3. The van der Waals surface area contributed by atoms with Gasteiger partial charge in [0.15, 0.2) is 0 Å². The molecule has 0 atom stereocenters. The van der Waals surface area contributed by atoms with E-state index in [0.717, 1.165) is 0 Å². The number of rotatable bonds is 1. The van der Waals surface area contributed by atoms with Crippen molar-refractivity contribution >= 4 is 5.69 Å². The second-order valence-corrected chi connectivity index (χ2v) is 8.73. The molecule has 0 saturated carbocycles. The molecule has 0 bridgehead atoms. The van der Waals surface area contributed by atoms with E-state index >= 15 is 0 Å². The number of hydrogen-bond acceptors (Lipinski definition) is 2. The summed E-state index contributed by atoms with van der Waals surface area (Å²) in [5.74, 6) is 0. The van der Waals surface area contributed by atoms with E-state index in [-0.39, 0.29) is 5.41 Å². The van der Waals surface area contributed by atoms with Crippen molar-refractivity contribution in [3.63, 3.8) is 0 Å². The van der Waals surface area contributed by atoms with E-state index in [0.29, 0.717) is 5.41 Å². The number of hydrogen-bond donors (Lipinski definition) is 0. The highest BCUT2D eigenvalue weighted by Crippen LogP contribution is 2.42. The molecule has 1 aromatic carbocycles. The summed E-state index contributed by atoms with van der Waals surface area (Å²) in [6.07, 6.45) is 4.12. The van der Waals surface area contributed by atoms with Crippen LogP contribution in [0.3, 0.4) is 0 Å². The van der Waals surface area contributed by atoms with Crippen LogP contribution in [0.2, 0.25) is 0 Å². The molecular weight excluding hydrogens is 268 g/mol. The Bertz CT molecular complexity index is 533. The van der Waals surface area contributed by atoms with Crippen molar-refractivity contribution in [1.29, 1.82) is 0 Å². The largest absolute Gasteiger partial charge is 0.371 e. The van der Waals surface area contributed by atoms with E-state index in [9.17, 15) is 0 Å². The second-order valence-electron chi connectivity index (χ2n) is 8.73. The Morgan fingerprint density at radius 3 is 2.23 bits per heavy atom. The predicted molar refractivity (Wildman–Crippen MR) is 95.9 cm³/mol. The summed E-state index contributed by atoms with van der Waals surface area (Å²) in [5.41, 5.74) is 5.17. The maximum absolute atomic E-state index is 2.65. The molecule has 0 unspecified atom stereocenters. The van der Waals surface area contributed by atoms with Gasteiger partial charge in [-0.25, -0.2) is 0 Å². The normalized spacial score (nSPS) is 22.5. The minimum absolute atomic E-state index is 0.240. The molecule has 1 spiro atoms. The zero-order chi connectivity index (χ0) is 16.0. The average molecular weight is 300 g/mol. The Morgan fingerprint density at radius 1 is 1.00 bits per heavy atom. The molecule has 2 nitrogen and oxygen atoms in total. The number of aryl methyl sites for hydroxylation is 1. The quantitative estimate of drug-likeness (QED) is 0.766. The van der Waals surface area contributed by atoms with Crippen molar-refractivity contribution in [3.8, 4) is 0 Å². The van der Waals surface area contributed by atoms with E-state index < -0.39 is 0 Å². The van der Waals surface area contributed by atoms with Gasteiger partial charge in [0, 0.05) is 18.8 Å². The van der Waals surface area contributed by atoms with Gasteiger partial charge >= 0.3 is 0 Å². The van der Waals surface area contributed by atoms with Crippen molar-refractivity contribution in [2.45, 2.75) is 52.4 Å². The summed E-state index contributed by atoms with van der Waals surface area (Å²) in [5, 5.41) is 0. The highest BCUT2D eigenvalue weighted by atomic mass is 15.2. The third kappa shape index (κ3) is 3.03. The molecule has 0 aromatic heterocycles. The Hall–Kier alpha value is -1.02. The van der Waals surface area contributed by atoms with Gasteiger partial charge in [0.25, 0.3) is 0 Å². The first kappa shape index (κ1) is 15.9. The van der Waals surface area contributed by atoms with Crippen molar-refractivity contribution in [1.82, 2.24) is 4.90 Å². The number of piperidine rings is 1. The van der Waals surface area contributed by atoms with Crippen LogP contribution in [0.1, 0.15) is 51.2 Å². The lowest BCUT2D eigenvalue weighted by molar-refractivity contribution is 0.142. The number of likely N-dealkylation sites (tertiary alicyclic amines) is 1. The van der Waals surface area contributed by atoms with E-state index in [1.54, 1.807) is 0 Å². The molecule has 2 heterocycles. The average Bonchev–Trinajstić information content (AvgIpc) is 2.85. The fraction of sp³-hybridized carbons (Fsp3) is 0.700. The maximum Gasteiger partial charge on any atom is 0.0396 e. The molecule has 1 aromatic rings. The van der Waals surface area contributed by atoms with Crippen molar-refractivity contribution in [2.75, 3.05) is 38.1 Å². The fourth-order valence-corrected chi connectivity index (χ4v) is 4.12. The molecule has 2 aliphatic rings. The smallest absolute Gasteiger partial charge is 0.0396 e. The van der Waals surface area contributed by atoms with E-state index in [4.69, 9.17) is 0 Å². The van der Waals surface area contributed by atoms with Crippen molar-refractivity contribution in [3.05, 3.63) is 29.3 Å². The molecule has 22 heavy (non-hydrogen) atoms. The third-order valence-corrected chi connectivity index (χ3v) is 5.89. The summed E-state index contributed by atoms with van der Waals surface area (Å²) < 4.78 is 0. The summed E-state index contributed by atoms with van der Waals surface area (Å²) in [6, 6.07) is 7.10. The van der Waals surface area contributed by atoms with Gasteiger partial charge < -0.3 is 9.80 Å².